The fourth-order valence-corrected chi connectivity index (χ4v) is 4.74. The van der Waals surface area contributed by atoms with Gasteiger partial charge in [0.05, 0.1) is 0 Å². The van der Waals surface area contributed by atoms with Gasteiger partial charge < -0.3 is 9.47 Å². The lowest BCUT2D eigenvalue weighted by Gasteiger charge is -2.26. The largest absolute Gasteiger partial charge is 0.489 e. The Morgan fingerprint density at radius 3 is 1.31 bits per heavy atom. The number of aryl methyl sites for hydroxylation is 2. The van der Waals surface area contributed by atoms with Crippen LogP contribution in [-0.2, 0) is 10.8 Å². The molecule has 0 N–H and O–H groups in total. The summed E-state index contributed by atoms with van der Waals surface area (Å²) in [5.74, 6) is 1.68. The minimum atomic E-state index is -0.104. The summed E-state index contributed by atoms with van der Waals surface area (Å²) in [6, 6.07) is 8.65. The zero-order chi connectivity index (χ0) is 26.6. The SMILES string of the molecule is Cc1cc(OCC=C(Cl)Cl)c(C(C)(C)C)cc1Sc1cc(C(C)(C)C)c(OCC=C(Cl)Cl)cc1C. The van der Waals surface area contributed by atoms with Gasteiger partial charge in [0.25, 0.3) is 0 Å². The van der Waals surface area contributed by atoms with E-state index in [1.165, 1.54) is 9.79 Å². The Balaban J connectivity index is 2.49. The topological polar surface area (TPSA) is 18.5 Å². The van der Waals surface area contributed by atoms with E-state index in [9.17, 15) is 0 Å². The maximum atomic E-state index is 6.02. The Morgan fingerprint density at radius 2 is 1.03 bits per heavy atom. The highest BCUT2D eigenvalue weighted by molar-refractivity contribution is 7.99. The smallest absolute Gasteiger partial charge is 0.123 e. The van der Waals surface area contributed by atoms with Crippen LogP contribution in [0.15, 0.2) is 55.2 Å². The highest BCUT2D eigenvalue weighted by Gasteiger charge is 2.24. The number of hydrogen-bond acceptors (Lipinski definition) is 3. The molecule has 0 spiro atoms. The van der Waals surface area contributed by atoms with Crippen LogP contribution in [0.1, 0.15) is 63.8 Å². The molecule has 0 amide bonds. The van der Waals surface area contributed by atoms with E-state index in [0.29, 0.717) is 13.2 Å². The average molecular weight is 576 g/mol. The van der Waals surface area contributed by atoms with Crippen LogP contribution in [0.4, 0.5) is 0 Å². The van der Waals surface area contributed by atoms with Crippen molar-refractivity contribution < 1.29 is 9.47 Å². The normalized spacial score (nSPS) is 11.8. The van der Waals surface area contributed by atoms with Gasteiger partial charge in [0.15, 0.2) is 0 Å². The number of hydrogen-bond donors (Lipinski definition) is 0. The monoisotopic (exact) mass is 574 g/mol. The molecule has 2 aromatic rings. The Kier molecular flexibility index (Phi) is 10.8. The Labute approximate surface area is 235 Å². The van der Waals surface area contributed by atoms with Crippen LogP contribution in [0, 0.1) is 13.8 Å². The molecule has 2 aromatic carbocycles. The van der Waals surface area contributed by atoms with Crippen LogP contribution in [0.5, 0.6) is 11.5 Å². The number of benzene rings is 2. The fourth-order valence-electron chi connectivity index (χ4n) is 3.46. The Bertz CT molecular complexity index is 1010. The van der Waals surface area contributed by atoms with Crippen molar-refractivity contribution in [3.8, 4) is 11.5 Å². The highest BCUT2D eigenvalue weighted by atomic mass is 35.5. The van der Waals surface area contributed by atoms with Crippen molar-refractivity contribution in [3.63, 3.8) is 0 Å². The molecule has 0 unspecified atom stereocenters. The van der Waals surface area contributed by atoms with E-state index in [1.807, 2.05) is 0 Å². The predicted molar refractivity (Wildman–Crippen MR) is 154 cm³/mol. The van der Waals surface area contributed by atoms with Crippen molar-refractivity contribution in [2.24, 2.45) is 0 Å². The quantitative estimate of drug-likeness (QED) is 0.312. The minimum absolute atomic E-state index is 0.104. The number of halogens is 4. The number of ether oxygens (including phenoxy) is 2. The van der Waals surface area contributed by atoms with Crippen LogP contribution in [0.3, 0.4) is 0 Å². The van der Waals surface area contributed by atoms with Gasteiger partial charge in [-0.15, -0.1) is 0 Å². The second kappa shape index (κ2) is 12.5. The molecule has 35 heavy (non-hydrogen) atoms. The van der Waals surface area contributed by atoms with Crippen molar-refractivity contribution in [1.29, 1.82) is 0 Å². The van der Waals surface area contributed by atoms with E-state index in [1.54, 1.807) is 23.9 Å². The highest BCUT2D eigenvalue weighted by Crippen LogP contribution is 2.43. The van der Waals surface area contributed by atoms with Crippen LogP contribution in [0.25, 0.3) is 0 Å². The molecule has 0 radical (unpaired) electrons. The van der Waals surface area contributed by atoms with E-state index in [4.69, 9.17) is 55.9 Å². The van der Waals surface area contributed by atoms with Crippen molar-refractivity contribution in [1.82, 2.24) is 0 Å². The maximum absolute atomic E-state index is 6.02. The van der Waals surface area contributed by atoms with Crippen LogP contribution < -0.4 is 9.47 Å². The van der Waals surface area contributed by atoms with Gasteiger partial charge in [-0.3, -0.25) is 0 Å². The average Bonchev–Trinajstić information content (AvgIpc) is 2.69. The molecule has 7 heteroatoms. The summed E-state index contributed by atoms with van der Waals surface area (Å²) >= 11 is 24.8. The van der Waals surface area contributed by atoms with Crippen molar-refractivity contribution in [2.45, 2.75) is 76.0 Å². The molecule has 0 bridgehead atoms. The van der Waals surface area contributed by atoms with E-state index < -0.39 is 0 Å². The summed E-state index contributed by atoms with van der Waals surface area (Å²) in [7, 11) is 0. The molecule has 2 nitrogen and oxygen atoms in total. The zero-order valence-electron chi connectivity index (χ0n) is 21.6. The fraction of sp³-hybridized carbons (Fsp3) is 0.429. The molecule has 192 valence electrons. The van der Waals surface area contributed by atoms with E-state index >= 15 is 0 Å². The lowest BCUT2D eigenvalue weighted by Crippen LogP contribution is -2.15. The first-order valence-corrected chi connectivity index (χ1v) is 13.7. The Hall–Kier alpha value is -0.970. The summed E-state index contributed by atoms with van der Waals surface area (Å²) < 4.78 is 12.4. The van der Waals surface area contributed by atoms with Gasteiger partial charge in [-0.05, 0) is 72.2 Å². The Morgan fingerprint density at radius 1 is 0.686 bits per heavy atom. The molecular weight excluding hydrogens is 542 g/mol. The zero-order valence-corrected chi connectivity index (χ0v) is 25.5. The molecule has 0 atom stereocenters. The van der Waals surface area contributed by atoms with Gasteiger partial charge in [-0.1, -0.05) is 99.7 Å². The van der Waals surface area contributed by atoms with Crippen LogP contribution in [-0.4, -0.2) is 13.2 Å². The molecule has 0 saturated heterocycles. The van der Waals surface area contributed by atoms with Gasteiger partial charge >= 0.3 is 0 Å². The standard InChI is InChI=1S/C28H34Cl4O2S/c1-17-13-21(33-11-9-25(29)30)19(27(3,4)5)15-23(17)35-24-16-20(28(6,7)8)22(14-18(24)2)34-12-10-26(31)32/h9-10,13-16H,11-12H2,1-8H3. The minimum Gasteiger partial charge on any atom is -0.489 e. The molecule has 2 rings (SSSR count). The third-order valence-corrected chi connectivity index (χ3v) is 7.28. The van der Waals surface area contributed by atoms with Gasteiger partial charge in [0.1, 0.15) is 33.7 Å². The van der Waals surface area contributed by atoms with E-state index in [-0.39, 0.29) is 19.8 Å². The third-order valence-electron chi connectivity index (χ3n) is 5.34. The molecule has 0 saturated carbocycles. The van der Waals surface area contributed by atoms with E-state index in [2.05, 4.69) is 79.7 Å². The molecule has 0 fully saturated rings. The molecule has 0 heterocycles. The summed E-state index contributed by atoms with van der Waals surface area (Å²) in [6.45, 7) is 17.9. The third kappa shape index (κ3) is 9.13. The first-order chi connectivity index (χ1) is 16.1. The first-order valence-electron chi connectivity index (χ1n) is 11.4. The van der Waals surface area contributed by atoms with Gasteiger partial charge in [0.2, 0.25) is 0 Å². The second-order valence-electron chi connectivity index (χ2n) is 10.4. The van der Waals surface area contributed by atoms with Crippen molar-refractivity contribution in [3.05, 3.63) is 67.7 Å². The molecule has 0 aromatic heterocycles. The van der Waals surface area contributed by atoms with Crippen LogP contribution >= 0.6 is 58.2 Å². The summed E-state index contributed by atoms with van der Waals surface area (Å²) in [5, 5.41) is 0. The summed E-state index contributed by atoms with van der Waals surface area (Å²) in [6.07, 6.45) is 3.29. The summed E-state index contributed by atoms with van der Waals surface area (Å²) in [4.78, 5) is 2.36. The first kappa shape index (κ1) is 30.3. The van der Waals surface area contributed by atoms with Crippen molar-refractivity contribution in [2.75, 3.05) is 13.2 Å². The molecule has 0 aliphatic carbocycles. The summed E-state index contributed by atoms with van der Waals surface area (Å²) in [5.41, 5.74) is 4.32. The second-order valence-corrected chi connectivity index (χ2v) is 13.5. The van der Waals surface area contributed by atoms with Gasteiger partial charge in [0, 0.05) is 20.9 Å². The number of rotatable bonds is 8. The van der Waals surface area contributed by atoms with Crippen LogP contribution in [0.2, 0.25) is 0 Å². The van der Waals surface area contributed by atoms with Gasteiger partial charge in [-0.25, -0.2) is 0 Å². The molecular formula is C28H34Cl4O2S. The lowest BCUT2D eigenvalue weighted by molar-refractivity contribution is 0.350. The lowest BCUT2D eigenvalue weighted by atomic mass is 9.86. The predicted octanol–water partition coefficient (Wildman–Crippen LogP) is 10.4. The molecule has 0 aliphatic heterocycles. The van der Waals surface area contributed by atoms with Gasteiger partial charge in [-0.2, -0.15) is 0 Å². The van der Waals surface area contributed by atoms with Crippen molar-refractivity contribution >= 4 is 58.2 Å². The van der Waals surface area contributed by atoms with E-state index in [0.717, 1.165) is 33.8 Å². The molecule has 0 aliphatic rings. The maximum Gasteiger partial charge on any atom is 0.123 e.